The minimum absolute atomic E-state index is 0.136. The van der Waals surface area contributed by atoms with E-state index in [2.05, 4.69) is 9.73 Å². The van der Waals surface area contributed by atoms with E-state index < -0.39 is 0 Å². The van der Waals surface area contributed by atoms with Crippen molar-refractivity contribution in [3.8, 4) is 0 Å². The number of nitrogens with zero attached hydrogens (tertiary/aromatic N) is 1. The van der Waals surface area contributed by atoms with Crippen molar-refractivity contribution in [2.75, 3.05) is 7.11 Å². The number of halogens is 1. The number of ether oxygens (including phenoxy) is 1. The van der Waals surface area contributed by atoms with Crippen LogP contribution >= 0.6 is 11.6 Å². The predicted octanol–water partition coefficient (Wildman–Crippen LogP) is 1.93. The molecule has 4 heteroatoms. The number of methoxy groups -OCH3 is 1. The Morgan fingerprint density at radius 2 is 2.00 bits per heavy atom. The van der Waals surface area contributed by atoms with E-state index in [4.69, 9.17) is 17.3 Å². The van der Waals surface area contributed by atoms with Gasteiger partial charge in [0, 0.05) is 5.02 Å². The average molecular weight is 185 g/mol. The van der Waals surface area contributed by atoms with Crippen LogP contribution in [0.4, 0.5) is 5.69 Å². The maximum absolute atomic E-state index is 5.67. The highest BCUT2D eigenvalue weighted by atomic mass is 35.5. The van der Waals surface area contributed by atoms with Crippen molar-refractivity contribution >= 4 is 23.3 Å². The molecule has 0 bridgehead atoms. The molecule has 1 rings (SSSR count). The lowest BCUT2D eigenvalue weighted by atomic mass is 10.3. The lowest BCUT2D eigenvalue weighted by Gasteiger charge is -1.97. The normalized spacial score (nSPS) is 11.3. The molecule has 0 amide bonds. The molecular formula is C8H9ClN2O. The SMILES string of the molecule is COC(N)=Nc1ccc(Cl)cc1. The molecule has 1 aromatic carbocycles. The van der Waals surface area contributed by atoms with Crippen molar-refractivity contribution in [2.45, 2.75) is 0 Å². The van der Waals surface area contributed by atoms with Crippen LogP contribution in [0.2, 0.25) is 5.02 Å². The van der Waals surface area contributed by atoms with Gasteiger partial charge < -0.3 is 10.5 Å². The third-order valence-electron chi connectivity index (χ3n) is 1.28. The number of aliphatic imine (C=N–C) groups is 1. The molecule has 0 fully saturated rings. The third kappa shape index (κ3) is 2.43. The van der Waals surface area contributed by atoms with E-state index in [9.17, 15) is 0 Å². The van der Waals surface area contributed by atoms with Crippen molar-refractivity contribution in [1.29, 1.82) is 0 Å². The highest BCUT2D eigenvalue weighted by Gasteiger charge is 1.91. The zero-order chi connectivity index (χ0) is 8.97. The van der Waals surface area contributed by atoms with Gasteiger partial charge in [0.2, 0.25) is 0 Å². The van der Waals surface area contributed by atoms with Gasteiger partial charge in [0.25, 0.3) is 6.02 Å². The molecular weight excluding hydrogens is 176 g/mol. The van der Waals surface area contributed by atoms with Gasteiger partial charge in [0.15, 0.2) is 0 Å². The van der Waals surface area contributed by atoms with Gasteiger partial charge in [-0.25, -0.2) is 0 Å². The van der Waals surface area contributed by atoms with Crippen LogP contribution in [0.3, 0.4) is 0 Å². The summed E-state index contributed by atoms with van der Waals surface area (Å²) in [7, 11) is 1.47. The second kappa shape index (κ2) is 3.97. The van der Waals surface area contributed by atoms with Gasteiger partial charge in [-0.15, -0.1) is 0 Å². The Labute approximate surface area is 75.8 Å². The minimum atomic E-state index is 0.136. The molecule has 0 spiro atoms. The average Bonchev–Trinajstić information content (AvgIpc) is 2.09. The summed E-state index contributed by atoms with van der Waals surface area (Å²) >= 11 is 5.67. The van der Waals surface area contributed by atoms with E-state index in [1.807, 2.05) is 0 Å². The van der Waals surface area contributed by atoms with Crippen molar-refractivity contribution < 1.29 is 4.74 Å². The van der Waals surface area contributed by atoms with Crippen molar-refractivity contribution in [1.82, 2.24) is 0 Å². The fourth-order valence-corrected chi connectivity index (χ4v) is 0.814. The first kappa shape index (κ1) is 8.87. The zero-order valence-electron chi connectivity index (χ0n) is 6.62. The fraction of sp³-hybridized carbons (Fsp3) is 0.125. The second-order valence-electron chi connectivity index (χ2n) is 2.13. The van der Waals surface area contributed by atoms with Crippen LogP contribution in [0.15, 0.2) is 29.3 Å². The molecule has 0 unspecified atom stereocenters. The summed E-state index contributed by atoms with van der Waals surface area (Å²) < 4.78 is 4.68. The summed E-state index contributed by atoms with van der Waals surface area (Å²) in [5.74, 6) is 0. The molecule has 0 radical (unpaired) electrons. The second-order valence-corrected chi connectivity index (χ2v) is 2.57. The highest BCUT2D eigenvalue weighted by Crippen LogP contribution is 2.15. The van der Waals surface area contributed by atoms with E-state index in [-0.39, 0.29) is 6.02 Å². The summed E-state index contributed by atoms with van der Waals surface area (Å²) in [6.45, 7) is 0. The Hall–Kier alpha value is -1.22. The molecule has 0 heterocycles. The molecule has 0 atom stereocenters. The Kier molecular flexibility index (Phi) is 2.94. The molecule has 0 aliphatic carbocycles. The molecule has 12 heavy (non-hydrogen) atoms. The first-order chi connectivity index (χ1) is 5.72. The molecule has 2 N–H and O–H groups in total. The number of nitrogens with two attached hydrogens (primary N) is 1. The summed E-state index contributed by atoms with van der Waals surface area (Å²) in [5, 5.41) is 0.671. The quantitative estimate of drug-likeness (QED) is 0.536. The van der Waals surface area contributed by atoms with Crippen LogP contribution in [0.5, 0.6) is 0 Å². The maximum atomic E-state index is 5.67. The predicted molar refractivity (Wildman–Crippen MR) is 49.7 cm³/mol. The van der Waals surface area contributed by atoms with Crippen LogP contribution in [0.25, 0.3) is 0 Å². The topological polar surface area (TPSA) is 47.6 Å². The van der Waals surface area contributed by atoms with Gasteiger partial charge in [-0.05, 0) is 24.3 Å². The van der Waals surface area contributed by atoms with Crippen molar-refractivity contribution in [3.05, 3.63) is 29.3 Å². The Bertz CT molecular complexity index is 282. The zero-order valence-corrected chi connectivity index (χ0v) is 7.38. The molecule has 0 aliphatic rings. The van der Waals surface area contributed by atoms with Crippen LogP contribution in [-0.2, 0) is 4.74 Å². The lowest BCUT2D eigenvalue weighted by Crippen LogP contribution is -2.12. The van der Waals surface area contributed by atoms with Crippen LogP contribution < -0.4 is 5.73 Å². The van der Waals surface area contributed by atoms with E-state index in [1.165, 1.54) is 7.11 Å². The molecule has 0 aromatic heterocycles. The van der Waals surface area contributed by atoms with Crippen LogP contribution in [-0.4, -0.2) is 13.1 Å². The van der Waals surface area contributed by atoms with Crippen molar-refractivity contribution in [3.63, 3.8) is 0 Å². The van der Waals surface area contributed by atoms with E-state index in [0.29, 0.717) is 5.02 Å². The minimum Gasteiger partial charge on any atom is -0.469 e. The largest absolute Gasteiger partial charge is 0.469 e. The van der Waals surface area contributed by atoms with Gasteiger partial charge in [0.05, 0.1) is 12.8 Å². The molecule has 0 saturated carbocycles. The lowest BCUT2D eigenvalue weighted by molar-refractivity contribution is 0.397. The highest BCUT2D eigenvalue weighted by molar-refractivity contribution is 6.30. The standard InChI is InChI=1S/C8H9ClN2O/c1-12-8(10)11-7-4-2-6(9)3-5-7/h2-5H,1H3,(H2,10,11). The van der Waals surface area contributed by atoms with Gasteiger partial charge in [0.1, 0.15) is 0 Å². The molecule has 0 saturated heterocycles. The van der Waals surface area contributed by atoms with Gasteiger partial charge in [-0.3, -0.25) is 0 Å². The van der Waals surface area contributed by atoms with E-state index in [0.717, 1.165) is 5.69 Å². The van der Waals surface area contributed by atoms with Gasteiger partial charge in [-0.1, -0.05) is 11.6 Å². The molecule has 0 aliphatic heterocycles. The summed E-state index contributed by atoms with van der Waals surface area (Å²) in [6, 6.07) is 7.13. The summed E-state index contributed by atoms with van der Waals surface area (Å²) in [5.41, 5.74) is 6.06. The molecule has 1 aromatic rings. The third-order valence-corrected chi connectivity index (χ3v) is 1.53. The fourth-order valence-electron chi connectivity index (χ4n) is 0.689. The first-order valence-electron chi connectivity index (χ1n) is 3.36. The van der Waals surface area contributed by atoms with Crippen LogP contribution in [0, 0.1) is 0 Å². The number of amidine groups is 1. The van der Waals surface area contributed by atoms with Gasteiger partial charge in [-0.2, -0.15) is 4.99 Å². The first-order valence-corrected chi connectivity index (χ1v) is 3.74. The summed E-state index contributed by atoms with van der Waals surface area (Å²) in [6.07, 6.45) is 0. The Balaban J connectivity index is 2.84. The summed E-state index contributed by atoms with van der Waals surface area (Å²) in [4.78, 5) is 3.93. The molecule has 64 valence electrons. The number of benzene rings is 1. The molecule has 3 nitrogen and oxygen atoms in total. The number of rotatable bonds is 1. The van der Waals surface area contributed by atoms with Crippen LogP contribution in [0.1, 0.15) is 0 Å². The monoisotopic (exact) mass is 184 g/mol. The Morgan fingerprint density at radius 3 is 2.50 bits per heavy atom. The van der Waals surface area contributed by atoms with E-state index >= 15 is 0 Å². The number of hydrogen-bond acceptors (Lipinski definition) is 2. The Morgan fingerprint density at radius 1 is 1.42 bits per heavy atom. The smallest absolute Gasteiger partial charge is 0.286 e. The number of hydrogen-bond donors (Lipinski definition) is 1. The maximum Gasteiger partial charge on any atom is 0.286 e. The van der Waals surface area contributed by atoms with Crippen molar-refractivity contribution in [2.24, 2.45) is 10.7 Å². The van der Waals surface area contributed by atoms with E-state index in [1.54, 1.807) is 24.3 Å². The van der Waals surface area contributed by atoms with Gasteiger partial charge >= 0.3 is 0 Å².